The van der Waals surface area contributed by atoms with Crippen LogP contribution in [0.3, 0.4) is 0 Å². The molecule has 0 unspecified atom stereocenters. The molecule has 1 N–H and O–H groups in total. The van der Waals surface area contributed by atoms with Crippen LogP contribution in [-0.2, 0) is 13.1 Å². The zero-order valence-electron chi connectivity index (χ0n) is 9.80. The largest absolute Gasteiger partial charge is 0.469 e. The fourth-order valence-electron chi connectivity index (χ4n) is 1.56. The number of nitrogens with one attached hydrogen (secondary N) is 1. The van der Waals surface area contributed by atoms with Crippen molar-refractivity contribution in [1.29, 1.82) is 0 Å². The van der Waals surface area contributed by atoms with Gasteiger partial charge in [0.1, 0.15) is 12.1 Å². The first kappa shape index (κ1) is 11.4. The summed E-state index contributed by atoms with van der Waals surface area (Å²) in [5.74, 6) is 1.18. The van der Waals surface area contributed by atoms with Gasteiger partial charge < -0.3 is 14.3 Å². The highest BCUT2D eigenvalue weighted by molar-refractivity contribution is 5.94. The third kappa shape index (κ3) is 2.35. The Bertz CT molecular complexity index is 515. The molecule has 0 atom stereocenters. The second-order valence-electron chi connectivity index (χ2n) is 3.61. The van der Waals surface area contributed by atoms with Gasteiger partial charge in [-0.2, -0.15) is 0 Å². The van der Waals surface area contributed by atoms with E-state index in [1.165, 1.54) is 6.26 Å². The van der Waals surface area contributed by atoms with Gasteiger partial charge in [0.15, 0.2) is 5.82 Å². The Morgan fingerprint density at radius 3 is 3.06 bits per heavy atom. The van der Waals surface area contributed by atoms with E-state index in [0.29, 0.717) is 17.9 Å². The molecule has 2 aromatic rings. The Balaban J connectivity index is 1.99. The molecule has 90 valence electrons. The topological polar surface area (TPSA) is 73.0 Å². The number of aromatic nitrogens is 3. The van der Waals surface area contributed by atoms with Crippen molar-refractivity contribution in [2.75, 3.05) is 0 Å². The van der Waals surface area contributed by atoms with Gasteiger partial charge in [0.2, 0.25) is 0 Å². The van der Waals surface area contributed by atoms with E-state index >= 15 is 0 Å². The number of furan rings is 1. The van der Waals surface area contributed by atoms with E-state index in [1.54, 1.807) is 19.3 Å². The van der Waals surface area contributed by atoms with Crippen molar-refractivity contribution in [3.05, 3.63) is 35.8 Å². The Hall–Kier alpha value is -2.11. The lowest BCUT2D eigenvalue weighted by atomic mass is 10.2. The van der Waals surface area contributed by atoms with Crippen molar-refractivity contribution in [2.45, 2.75) is 26.9 Å². The Morgan fingerprint density at radius 1 is 1.59 bits per heavy atom. The van der Waals surface area contributed by atoms with E-state index < -0.39 is 0 Å². The Kier molecular flexibility index (Phi) is 3.22. The first-order chi connectivity index (χ1) is 8.22. The van der Waals surface area contributed by atoms with Crippen molar-refractivity contribution in [3.8, 4) is 0 Å². The smallest absolute Gasteiger partial charge is 0.255 e. The summed E-state index contributed by atoms with van der Waals surface area (Å²) in [5.41, 5.74) is 0.549. The van der Waals surface area contributed by atoms with Gasteiger partial charge in [-0.3, -0.25) is 4.79 Å². The summed E-state index contributed by atoms with van der Waals surface area (Å²) >= 11 is 0. The maximum Gasteiger partial charge on any atom is 0.255 e. The molecular weight excluding hydrogens is 220 g/mol. The molecule has 0 aliphatic heterocycles. The molecule has 6 heteroatoms. The minimum Gasteiger partial charge on any atom is -0.469 e. The lowest BCUT2D eigenvalue weighted by Crippen LogP contribution is -2.24. The van der Waals surface area contributed by atoms with Gasteiger partial charge in [0.25, 0.3) is 5.91 Å². The highest BCUT2D eigenvalue weighted by Crippen LogP contribution is 2.08. The maximum absolute atomic E-state index is 11.8. The lowest BCUT2D eigenvalue weighted by Gasteiger charge is -2.05. The van der Waals surface area contributed by atoms with Gasteiger partial charge >= 0.3 is 0 Å². The average molecular weight is 234 g/mol. The van der Waals surface area contributed by atoms with Gasteiger partial charge in [-0.05, 0) is 19.9 Å². The molecule has 2 heterocycles. The van der Waals surface area contributed by atoms with Crippen molar-refractivity contribution in [3.63, 3.8) is 0 Å². The maximum atomic E-state index is 11.8. The van der Waals surface area contributed by atoms with E-state index in [9.17, 15) is 4.79 Å². The number of rotatable bonds is 4. The molecule has 1 amide bonds. The molecular formula is C11H14N4O2. The number of nitrogens with zero attached hydrogens (tertiary/aromatic N) is 3. The highest BCUT2D eigenvalue weighted by atomic mass is 16.3. The molecule has 0 saturated carbocycles. The molecule has 0 aliphatic rings. The molecule has 0 aromatic carbocycles. The summed E-state index contributed by atoms with van der Waals surface area (Å²) in [6, 6.07) is 1.65. The monoisotopic (exact) mass is 234 g/mol. The molecule has 0 saturated heterocycles. The van der Waals surface area contributed by atoms with Crippen LogP contribution in [0.5, 0.6) is 0 Å². The minimum absolute atomic E-state index is 0.165. The standard InChI is InChI=1S/C11H14N4O2/c1-3-15-7-13-14-10(15)6-12-11(16)9-4-5-17-8(9)2/h4-5,7H,3,6H2,1-2H3,(H,12,16). The highest BCUT2D eigenvalue weighted by Gasteiger charge is 2.12. The number of carbonyl (C=O) groups is 1. The van der Waals surface area contributed by atoms with Crippen LogP contribution in [0, 0.1) is 6.92 Å². The van der Waals surface area contributed by atoms with Crippen LogP contribution < -0.4 is 5.32 Å². The van der Waals surface area contributed by atoms with Crippen molar-refractivity contribution in [1.82, 2.24) is 20.1 Å². The molecule has 0 radical (unpaired) electrons. The van der Waals surface area contributed by atoms with Crippen LogP contribution in [0.25, 0.3) is 0 Å². The van der Waals surface area contributed by atoms with Crippen molar-refractivity contribution in [2.24, 2.45) is 0 Å². The van der Waals surface area contributed by atoms with E-state index in [0.717, 1.165) is 12.4 Å². The fraction of sp³-hybridized carbons (Fsp3) is 0.364. The number of amides is 1. The number of aryl methyl sites for hydroxylation is 2. The second-order valence-corrected chi connectivity index (χ2v) is 3.61. The van der Waals surface area contributed by atoms with E-state index in [-0.39, 0.29) is 5.91 Å². The first-order valence-corrected chi connectivity index (χ1v) is 5.41. The predicted octanol–water partition coefficient (Wildman–Crippen LogP) is 1.13. The van der Waals surface area contributed by atoms with Crippen molar-refractivity contribution < 1.29 is 9.21 Å². The van der Waals surface area contributed by atoms with Crippen LogP contribution >= 0.6 is 0 Å². The number of carbonyl (C=O) groups excluding carboxylic acids is 1. The second kappa shape index (κ2) is 4.82. The van der Waals surface area contributed by atoms with Gasteiger partial charge in [-0.15, -0.1) is 10.2 Å². The zero-order chi connectivity index (χ0) is 12.3. The summed E-state index contributed by atoms with van der Waals surface area (Å²) in [6.07, 6.45) is 3.14. The molecule has 6 nitrogen and oxygen atoms in total. The Morgan fingerprint density at radius 2 is 2.41 bits per heavy atom. The van der Waals surface area contributed by atoms with Gasteiger partial charge in [0.05, 0.1) is 18.4 Å². The van der Waals surface area contributed by atoms with Gasteiger partial charge in [-0.1, -0.05) is 0 Å². The van der Waals surface area contributed by atoms with E-state index in [4.69, 9.17) is 4.42 Å². The van der Waals surface area contributed by atoms with Crippen LogP contribution in [0.2, 0.25) is 0 Å². The summed E-state index contributed by atoms with van der Waals surface area (Å²) in [5, 5.41) is 10.5. The molecule has 0 aliphatic carbocycles. The number of hydrogen-bond donors (Lipinski definition) is 1. The molecule has 0 bridgehead atoms. The third-order valence-electron chi connectivity index (χ3n) is 2.55. The van der Waals surface area contributed by atoms with Crippen LogP contribution in [0.1, 0.15) is 28.9 Å². The molecule has 2 aromatic heterocycles. The summed E-state index contributed by atoms with van der Waals surface area (Å²) in [4.78, 5) is 11.8. The van der Waals surface area contributed by atoms with Crippen molar-refractivity contribution >= 4 is 5.91 Å². The quantitative estimate of drug-likeness (QED) is 0.860. The first-order valence-electron chi connectivity index (χ1n) is 5.41. The SMILES string of the molecule is CCn1cnnc1CNC(=O)c1ccoc1C. The van der Waals surface area contributed by atoms with Crippen LogP contribution in [-0.4, -0.2) is 20.7 Å². The molecule has 2 rings (SSSR count). The minimum atomic E-state index is -0.165. The normalized spacial score (nSPS) is 10.5. The van der Waals surface area contributed by atoms with Gasteiger partial charge in [0, 0.05) is 6.54 Å². The predicted molar refractivity (Wildman–Crippen MR) is 60.3 cm³/mol. The van der Waals surface area contributed by atoms with Crippen LogP contribution in [0.4, 0.5) is 0 Å². The lowest BCUT2D eigenvalue weighted by molar-refractivity contribution is 0.0948. The average Bonchev–Trinajstić information content (AvgIpc) is 2.94. The zero-order valence-corrected chi connectivity index (χ0v) is 9.80. The van der Waals surface area contributed by atoms with E-state index in [2.05, 4.69) is 15.5 Å². The molecule has 0 fully saturated rings. The van der Waals surface area contributed by atoms with Gasteiger partial charge in [-0.25, -0.2) is 0 Å². The van der Waals surface area contributed by atoms with E-state index in [1.807, 2.05) is 11.5 Å². The summed E-state index contributed by atoms with van der Waals surface area (Å²) in [7, 11) is 0. The Labute approximate surface area is 98.6 Å². The van der Waals surface area contributed by atoms with Crippen LogP contribution in [0.15, 0.2) is 23.1 Å². The summed E-state index contributed by atoms with van der Waals surface area (Å²) in [6.45, 7) is 4.89. The third-order valence-corrected chi connectivity index (χ3v) is 2.55. The molecule has 0 spiro atoms. The number of hydrogen-bond acceptors (Lipinski definition) is 4. The summed E-state index contributed by atoms with van der Waals surface area (Å²) < 4.78 is 6.95. The molecule has 17 heavy (non-hydrogen) atoms. The fourth-order valence-corrected chi connectivity index (χ4v) is 1.56.